The first-order valence-corrected chi connectivity index (χ1v) is 7.14. The van der Waals surface area contributed by atoms with Gasteiger partial charge in [-0.2, -0.15) is 0 Å². The van der Waals surface area contributed by atoms with E-state index in [1.807, 2.05) is 6.92 Å². The molecule has 3 atom stereocenters. The maximum atomic E-state index is 6.00. The maximum absolute atomic E-state index is 6.00. The standard InChI is InChI=1S/C14H27N4/c1-9(2)13-7-6-10(3)8-14(13)18-12(5)17(15)11(4)16-18/h9-10,13-14H,6-8,15H2,1-5H3/q+1/t10-,13-,14-/m1/s1. The minimum atomic E-state index is 0.511. The molecule has 0 bridgehead atoms. The zero-order valence-corrected chi connectivity index (χ0v) is 12.3. The molecule has 2 N–H and O–H groups in total. The molecule has 0 saturated heterocycles. The van der Waals surface area contributed by atoms with Gasteiger partial charge in [-0.05, 0) is 30.6 Å². The van der Waals surface area contributed by atoms with Gasteiger partial charge in [0.2, 0.25) is 0 Å². The van der Waals surface area contributed by atoms with Crippen molar-refractivity contribution in [2.24, 2.45) is 17.8 Å². The lowest BCUT2D eigenvalue weighted by molar-refractivity contribution is -0.652. The smallest absolute Gasteiger partial charge is 0.289 e. The first kappa shape index (κ1) is 13.4. The van der Waals surface area contributed by atoms with Crippen molar-refractivity contribution in [1.29, 1.82) is 0 Å². The van der Waals surface area contributed by atoms with Crippen molar-refractivity contribution in [2.45, 2.75) is 59.9 Å². The van der Waals surface area contributed by atoms with Gasteiger partial charge in [0, 0.05) is 18.9 Å². The van der Waals surface area contributed by atoms with E-state index in [-0.39, 0.29) is 0 Å². The molecule has 1 aromatic heterocycles. The number of rotatable bonds is 2. The minimum absolute atomic E-state index is 0.511. The molecule has 1 fully saturated rings. The van der Waals surface area contributed by atoms with E-state index in [0.717, 1.165) is 23.5 Å². The van der Waals surface area contributed by atoms with Gasteiger partial charge in [0.1, 0.15) is 6.04 Å². The molecule has 1 aliphatic carbocycles. The number of aromatic nitrogens is 3. The van der Waals surface area contributed by atoms with Crippen molar-refractivity contribution in [3.63, 3.8) is 0 Å². The summed E-state index contributed by atoms with van der Waals surface area (Å²) < 4.78 is 3.88. The largest absolute Gasteiger partial charge is 0.295 e. The Morgan fingerprint density at radius 2 is 2.00 bits per heavy atom. The van der Waals surface area contributed by atoms with Crippen molar-refractivity contribution in [2.75, 3.05) is 5.84 Å². The monoisotopic (exact) mass is 251 g/mol. The Morgan fingerprint density at radius 3 is 2.50 bits per heavy atom. The molecule has 102 valence electrons. The van der Waals surface area contributed by atoms with Gasteiger partial charge in [-0.1, -0.05) is 27.2 Å². The molecule has 1 aromatic rings. The Labute approximate surface area is 110 Å². The van der Waals surface area contributed by atoms with Crippen molar-refractivity contribution in [3.8, 4) is 0 Å². The predicted octanol–water partition coefficient (Wildman–Crippen LogP) is 2.13. The van der Waals surface area contributed by atoms with E-state index in [1.54, 1.807) is 4.68 Å². The van der Waals surface area contributed by atoms with Crippen LogP contribution in [0.15, 0.2) is 0 Å². The van der Waals surface area contributed by atoms with Gasteiger partial charge in [0.25, 0.3) is 11.6 Å². The van der Waals surface area contributed by atoms with Gasteiger partial charge >= 0.3 is 0 Å². The van der Waals surface area contributed by atoms with E-state index in [1.165, 1.54) is 19.3 Å². The molecule has 1 aliphatic rings. The summed E-state index contributed by atoms with van der Waals surface area (Å²) in [4.78, 5) is 0. The van der Waals surface area contributed by atoms with Crippen LogP contribution in [0.4, 0.5) is 0 Å². The molecule has 1 saturated carbocycles. The summed E-state index contributed by atoms with van der Waals surface area (Å²) in [5.74, 6) is 10.2. The van der Waals surface area contributed by atoms with Crippen LogP contribution in [-0.2, 0) is 0 Å². The highest BCUT2D eigenvalue weighted by Gasteiger charge is 2.38. The van der Waals surface area contributed by atoms with Crippen LogP contribution < -0.4 is 10.5 Å². The van der Waals surface area contributed by atoms with Crippen LogP contribution in [0.3, 0.4) is 0 Å². The van der Waals surface area contributed by atoms with E-state index in [2.05, 4.69) is 37.5 Å². The molecule has 4 heteroatoms. The van der Waals surface area contributed by atoms with Gasteiger partial charge in [0.05, 0.1) is 0 Å². The lowest BCUT2D eigenvalue weighted by atomic mass is 9.74. The molecular formula is C14H27N4+. The molecule has 0 spiro atoms. The molecule has 0 amide bonds. The van der Waals surface area contributed by atoms with Crippen molar-refractivity contribution < 1.29 is 4.68 Å². The maximum Gasteiger partial charge on any atom is 0.295 e. The summed E-state index contributed by atoms with van der Waals surface area (Å²) >= 11 is 0. The Morgan fingerprint density at radius 1 is 1.33 bits per heavy atom. The van der Waals surface area contributed by atoms with Crippen LogP contribution in [0.1, 0.15) is 57.7 Å². The zero-order chi connectivity index (χ0) is 13.4. The number of nitrogens with two attached hydrogens (primary N) is 1. The third-order valence-electron chi connectivity index (χ3n) is 4.58. The van der Waals surface area contributed by atoms with E-state index >= 15 is 0 Å². The SMILES string of the molecule is Cc1nn([C@@H]2C[C@H](C)CC[C@@H]2C(C)C)c(C)[n+]1N. The fourth-order valence-corrected chi connectivity index (χ4v) is 3.37. The lowest BCUT2D eigenvalue weighted by Crippen LogP contribution is -2.49. The molecule has 0 radical (unpaired) electrons. The van der Waals surface area contributed by atoms with E-state index < -0.39 is 0 Å². The summed E-state index contributed by atoms with van der Waals surface area (Å²) in [6.45, 7) is 11.0. The Balaban J connectivity index is 2.35. The molecule has 2 rings (SSSR count). The average molecular weight is 251 g/mol. The third-order valence-corrected chi connectivity index (χ3v) is 4.58. The topological polar surface area (TPSA) is 47.7 Å². The van der Waals surface area contributed by atoms with Crippen LogP contribution in [0.25, 0.3) is 0 Å². The Hall–Kier alpha value is -1.06. The zero-order valence-electron chi connectivity index (χ0n) is 12.3. The van der Waals surface area contributed by atoms with Gasteiger partial charge in [-0.3, -0.25) is 5.84 Å². The molecule has 0 aliphatic heterocycles. The van der Waals surface area contributed by atoms with Crippen molar-refractivity contribution in [1.82, 2.24) is 9.78 Å². The fraction of sp³-hybridized carbons (Fsp3) is 0.857. The quantitative estimate of drug-likeness (QED) is 0.646. The fourth-order valence-electron chi connectivity index (χ4n) is 3.37. The number of nitrogen functional groups attached to an aromatic ring is 1. The number of hydrogen-bond donors (Lipinski definition) is 1. The molecule has 0 unspecified atom stereocenters. The normalized spacial score (nSPS) is 28.9. The van der Waals surface area contributed by atoms with E-state index in [4.69, 9.17) is 5.84 Å². The highest BCUT2D eigenvalue weighted by atomic mass is 15.5. The number of aryl methyl sites for hydroxylation is 1. The number of hydrogen-bond acceptors (Lipinski definition) is 2. The molecule has 4 nitrogen and oxygen atoms in total. The van der Waals surface area contributed by atoms with E-state index in [0.29, 0.717) is 12.0 Å². The van der Waals surface area contributed by atoms with Crippen molar-refractivity contribution >= 4 is 0 Å². The van der Waals surface area contributed by atoms with Gasteiger partial charge < -0.3 is 0 Å². The number of nitrogens with zero attached hydrogens (tertiary/aromatic N) is 3. The first-order chi connectivity index (χ1) is 8.41. The average Bonchev–Trinajstić information content (AvgIpc) is 2.56. The summed E-state index contributed by atoms with van der Waals surface area (Å²) in [7, 11) is 0. The minimum Gasteiger partial charge on any atom is -0.289 e. The van der Waals surface area contributed by atoms with Crippen LogP contribution in [0, 0.1) is 31.6 Å². The van der Waals surface area contributed by atoms with Gasteiger partial charge in [0.15, 0.2) is 0 Å². The summed E-state index contributed by atoms with van der Waals surface area (Å²) in [5.41, 5.74) is 0. The molecular weight excluding hydrogens is 224 g/mol. The Bertz CT molecular complexity index is 422. The Kier molecular flexibility index (Phi) is 3.64. The molecule has 1 heterocycles. The highest BCUT2D eigenvalue weighted by molar-refractivity contribution is 4.89. The molecule has 18 heavy (non-hydrogen) atoms. The summed E-state index contributed by atoms with van der Waals surface area (Å²) in [5, 5.41) is 4.66. The first-order valence-electron chi connectivity index (χ1n) is 7.14. The van der Waals surface area contributed by atoms with Crippen LogP contribution in [0.5, 0.6) is 0 Å². The second-order valence-corrected chi connectivity index (χ2v) is 6.30. The second-order valence-electron chi connectivity index (χ2n) is 6.30. The third kappa shape index (κ3) is 2.25. The predicted molar refractivity (Wildman–Crippen MR) is 72.4 cm³/mol. The van der Waals surface area contributed by atoms with Gasteiger partial charge in [-0.25, -0.2) is 0 Å². The summed E-state index contributed by atoms with van der Waals surface area (Å²) in [6, 6.07) is 0.511. The van der Waals surface area contributed by atoms with Crippen LogP contribution >= 0.6 is 0 Å². The van der Waals surface area contributed by atoms with Crippen LogP contribution in [0.2, 0.25) is 0 Å². The van der Waals surface area contributed by atoms with Crippen molar-refractivity contribution in [3.05, 3.63) is 11.6 Å². The van der Waals surface area contributed by atoms with E-state index in [9.17, 15) is 0 Å². The van der Waals surface area contributed by atoms with Gasteiger partial charge in [-0.15, -0.1) is 9.36 Å². The summed E-state index contributed by atoms with van der Waals surface area (Å²) in [6.07, 6.45) is 3.89. The lowest BCUT2D eigenvalue weighted by Gasteiger charge is -2.34. The molecule has 0 aromatic carbocycles. The van der Waals surface area contributed by atoms with Crippen LogP contribution in [-0.4, -0.2) is 9.78 Å². The highest BCUT2D eigenvalue weighted by Crippen LogP contribution is 2.40. The second kappa shape index (κ2) is 4.90.